The smallest absolute Gasteiger partial charge is 0.433 e. The van der Waals surface area contributed by atoms with Gasteiger partial charge >= 0.3 is 6.18 Å². The third-order valence-corrected chi connectivity index (χ3v) is 6.77. The molecule has 2 aromatic carbocycles. The lowest BCUT2D eigenvalue weighted by Gasteiger charge is -2.39. The Bertz CT molecular complexity index is 1470. The van der Waals surface area contributed by atoms with E-state index in [1.165, 1.54) is 19.2 Å². The lowest BCUT2D eigenvalue weighted by atomic mass is 10.0. The van der Waals surface area contributed by atoms with E-state index in [0.29, 0.717) is 30.6 Å². The second-order valence-electron chi connectivity index (χ2n) is 9.06. The predicted octanol–water partition coefficient (Wildman–Crippen LogP) is 4.50. The quantitative estimate of drug-likeness (QED) is 0.410. The summed E-state index contributed by atoms with van der Waals surface area (Å²) >= 11 is 0. The molecule has 2 N–H and O–H groups in total. The number of hydrogen-bond acceptors (Lipinski definition) is 7. The fourth-order valence-electron chi connectivity index (χ4n) is 4.72. The zero-order valence-corrected chi connectivity index (χ0v) is 20.8. The molecular formula is C27H26F3N5O3. The number of ether oxygens (including phenoxy) is 1. The Kier molecular flexibility index (Phi) is 6.80. The van der Waals surface area contributed by atoms with E-state index in [2.05, 4.69) is 14.9 Å². The standard InChI is InChI=1S/C27H26F3N5O3/c1-34-12-13-35(15-19(34)16-6-4-3-5-7-16)26(36)24-21(14-31)38-25(33-24)18-8-10-20(37-2)23-17(18)9-11-22(32-23)27(28,29)30/h3-11,19H,12-15,31H2,1-2H3. The second kappa shape index (κ2) is 10.1. The number of oxazole rings is 1. The number of benzene rings is 2. The maximum atomic E-state index is 13.6. The molecule has 11 heteroatoms. The van der Waals surface area contributed by atoms with Crippen LogP contribution in [0.2, 0.25) is 0 Å². The maximum absolute atomic E-state index is 13.6. The molecule has 0 saturated carbocycles. The summed E-state index contributed by atoms with van der Waals surface area (Å²) in [7, 11) is 3.37. The Morgan fingerprint density at radius 2 is 1.87 bits per heavy atom. The number of carbonyl (C=O) groups is 1. The molecule has 0 spiro atoms. The molecule has 4 aromatic rings. The molecule has 1 atom stereocenters. The van der Waals surface area contributed by atoms with E-state index in [0.717, 1.165) is 11.6 Å². The zero-order valence-electron chi connectivity index (χ0n) is 20.8. The minimum Gasteiger partial charge on any atom is -0.494 e. The number of piperazine rings is 1. The van der Waals surface area contributed by atoms with Gasteiger partial charge in [-0.05, 0) is 36.9 Å². The molecule has 0 bridgehead atoms. The topological polar surface area (TPSA) is 97.7 Å². The highest BCUT2D eigenvalue weighted by Gasteiger charge is 2.34. The number of fused-ring (bicyclic) bond motifs is 1. The van der Waals surface area contributed by atoms with Gasteiger partial charge in [0.1, 0.15) is 17.0 Å². The summed E-state index contributed by atoms with van der Waals surface area (Å²) in [6.45, 7) is 1.56. The van der Waals surface area contributed by atoms with E-state index >= 15 is 0 Å². The van der Waals surface area contributed by atoms with Crippen molar-refractivity contribution in [3.8, 4) is 17.2 Å². The van der Waals surface area contributed by atoms with Gasteiger partial charge in [-0.25, -0.2) is 9.97 Å². The summed E-state index contributed by atoms with van der Waals surface area (Å²) in [5.41, 5.74) is 6.42. The molecule has 1 amide bonds. The number of hydrogen-bond donors (Lipinski definition) is 1. The molecule has 1 unspecified atom stereocenters. The number of nitrogens with two attached hydrogens (primary N) is 1. The van der Waals surface area contributed by atoms with Crippen LogP contribution in [-0.2, 0) is 12.7 Å². The second-order valence-corrected chi connectivity index (χ2v) is 9.06. The van der Waals surface area contributed by atoms with Crippen molar-refractivity contribution in [3.05, 3.63) is 77.3 Å². The molecule has 1 aliphatic heterocycles. The Hall–Kier alpha value is -3.96. The van der Waals surface area contributed by atoms with Crippen molar-refractivity contribution >= 4 is 16.8 Å². The van der Waals surface area contributed by atoms with Crippen molar-refractivity contribution in [2.24, 2.45) is 5.73 Å². The number of carbonyl (C=O) groups excluding carboxylic acids is 1. The lowest BCUT2D eigenvalue weighted by molar-refractivity contribution is -0.140. The van der Waals surface area contributed by atoms with Crippen molar-refractivity contribution < 1.29 is 27.1 Å². The molecule has 1 saturated heterocycles. The molecule has 5 rings (SSSR count). The first-order valence-corrected chi connectivity index (χ1v) is 12.0. The van der Waals surface area contributed by atoms with E-state index in [1.807, 2.05) is 37.4 Å². The molecule has 1 fully saturated rings. The molecule has 0 radical (unpaired) electrons. The Morgan fingerprint density at radius 3 is 2.55 bits per heavy atom. The van der Waals surface area contributed by atoms with Crippen LogP contribution in [-0.4, -0.2) is 59.5 Å². The van der Waals surface area contributed by atoms with Gasteiger partial charge < -0.3 is 19.8 Å². The van der Waals surface area contributed by atoms with Gasteiger partial charge in [0.2, 0.25) is 5.89 Å². The molecule has 0 aliphatic carbocycles. The highest BCUT2D eigenvalue weighted by Crippen LogP contribution is 2.37. The summed E-state index contributed by atoms with van der Waals surface area (Å²) in [5.74, 6) is 0.117. The first-order valence-electron chi connectivity index (χ1n) is 12.0. The van der Waals surface area contributed by atoms with Crippen molar-refractivity contribution in [2.45, 2.75) is 18.8 Å². The molecule has 3 heterocycles. The molecule has 2 aromatic heterocycles. The van der Waals surface area contributed by atoms with Gasteiger partial charge in [-0.1, -0.05) is 30.3 Å². The van der Waals surface area contributed by atoms with Crippen molar-refractivity contribution in [3.63, 3.8) is 0 Å². The average Bonchev–Trinajstić information content (AvgIpc) is 3.36. The van der Waals surface area contributed by atoms with E-state index in [4.69, 9.17) is 14.9 Å². The Morgan fingerprint density at radius 1 is 1.11 bits per heavy atom. The first kappa shape index (κ1) is 25.7. The number of alkyl halides is 3. The van der Waals surface area contributed by atoms with Gasteiger partial charge in [-0.3, -0.25) is 9.69 Å². The minimum atomic E-state index is -4.62. The minimum absolute atomic E-state index is 0.00460. The van der Waals surface area contributed by atoms with Crippen molar-refractivity contribution in [2.75, 3.05) is 33.8 Å². The third kappa shape index (κ3) is 4.70. The molecule has 1 aliphatic rings. The summed E-state index contributed by atoms with van der Waals surface area (Å²) in [4.78, 5) is 25.8. The molecule has 198 valence electrons. The number of methoxy groups -OCH3 is 1. The van der Waals surface area contributed by atoms with Gasteiger partial charge in [0.05, 0.1) is 19.7 Å². The van der Waals surface area contributed by atoms with Crippen LogP contribution < -0.4 is 10.5 Å². The van der Waals surface area contributed by atoms with Crippen molar-refractivity contribution in [1.82, 2.24) is 19.8 Å². The van der Waals surface area contributed by atoms with Crippen LogP contribution in [0, 0.1) is 0 Å². The van der Waals surface area contributed by atoms with Crippen LogP contribution in [0.1, 0.15) is 33.5 Å². The average molecular weight is 526 g/mol. The van der Waals surface area contributed by atoms with E-state index in [-0.39, 0.29) is 47.1 Å². The monoisotopic (exact) mass is 525 g/mol. The molecule has 38 heavy (non-hydrogen) atoms. The van der Waals surface area contributed by atoms with Crippen LogP contribution in [0.15, 0.2) is 59.0 Å². The van der Waals surface area contributed by atoms with Crippen LogP contribution >= 0.6 is 0 Å². The fraction of sp³-hybridized carbons (Fsp3) is 0.296. The van der Waals surface area contributed by atoms with Gasteiger partial charge in [-0.2, -0.15) is 13.2 Å². The Balaban J connectivity index is 1.51. The first-order chi connectivity index (χ1) is 18.2. The van der Waals surface area contributed by atoms with Gasteiger partial charge in [-0.15, -0.1) is 0 Å². The maximum Gasteiger partial charge on any atom is 0.433 e. The number of nitrogens with zero attached hydrogens (tertiary/aromatic N) is 4. The van der Waals surface area contributed by atoms with E-state index in [9.17, 15) is 18.0 Å². The zero-order chi connectivity index (χ0) is 27.0. The summed E-state index contributed by atoms with van der Waals surface area (Å²) < 4.78 is 51.1. The summed E-state index contributed by atoms with van der Waals surface area (Å²) in [5, 5.41) is 0.338. The highest BCUT2D eigenvalue weighted by molar-refractivity contribution is 5.98. The van der Waals surface area contributed by atoms with E-state index in [1.54, 1.807) is 11.0 Å². The van der Waals surface area contributed by atoms with Crippen LogP contribution in [0.4, 0.5) is 13.2 Å². The SMILES string of the molecule is COc1ccc(-c2nc(C(=O)N3CCN(C)C(c4ccccc4)C3)c(CN)o2)c2ccc(C(F)(F)F)nc12. The Labute approximate surface area is 216 Å². The van der Waals surface area contributed by atoms with E-state index < -0.39 is 11.9 Å². The molecular weight excluding hydrogens is 499 g/mol. The lowest BCUT2D eigenvalue weighted by Crippen LogP contribution is -2.49. The third-order valence-electron chi connectivity index (χ3n) is 6.77. The van der Waals surface area contributed by atoms with Crippen LogP contribution in [0.25, 0.3) is 22.4 Å². The molecule has 8 nitrogen and oxygen atoms in total. The summed E-state index contributed by atoms with van der Waals surface area (Å²) in [6.07, 6.45) is -4.62. The number of rotatable bonds is 5. The number of aromatic nitrogens is 2. The number of pyridine rings is 1. The highest BCUT2D eigenvalue weighted by atomic mass is 19.4. The van der Waals surface area contributed by atoms with Crippen LogP contribution in [0.5, 0.6) is 5.75 Å². The van der Waals surface area contributed by atoms with Gasteiger partial charge in [0, 0.05) is 30.6 Å². The number of halogens is 3. The largest absolute Gasteiger partial charge is 0.494 e. The van der Waals surface area contributed by atoms with Gasteiger partial charge in [0.25, 0.3) is 5.91 Å². The summed E-state index contributed by atoms with van der Waals surface area (Å²) in [6, 6.07) is 15.2. The van der Waals surface area contributed by atoms with Gasteiger partial charge in [0.15, 0.2) is 11.5 Å². The number of likely N-dealkylation sites (N-methyl/N-ethyl adjacent to an activating group) is 1. The normalized spacial score (nSPS) is 16.7. The fourth-order valence-corrected chi connectivity index (χ4v) is 4.72. The van der Waals surface area contributed by atoms with Crippen LogP contribution in [0.3, 0.4) is 0 Å². The van der Waals surface area contributed by atoms with Crippen molar-refractivity contribution in [1.29, 1.82) is 0 Å². The number of amides is 1. The predicted molar refractivity (Wildman–Crippen MR) is 134 cm³/mol.